The van der Waals surface area contributed by atoms with E-state index in [1.807, 2.05) is 45.0 Å². The van der Waals surface area contributed by atoms with E-state index in [1.165, 1.54) is 4.90 Å². The summed E-state index contributed by atoms with van der Waals surface area (Å²) in [6, 6.07) is 12.3. The van der Waals surface area contributed by atoms with Gasteiger partial charge in [0.05, 0.1) is 23.4 Å². The zero-order chi connectivity index (χ0) is 24.9. The summed E-state index contributed by atoms with van der Waals surface area (Å²) in [6.07, 6.45) is 3.26. The molecule has 5 rings (SSSR count). The molecule has 7 nitrogen and oxygen atoms in total. The average molecular weight is 473 g/mol. The smallest absolute Gasteiger partial charge is 0.316 e. The number of ether oxygens (including phenoxy) is 1. The molecule has 0 spiro atoms. The number of benzene rings is 2. The van der Waals surface area contributed by atoms with Crippen molar-refractivity contribution in [2.75, 3.05) is 16.3 Å². The van der Waals surface area contributed by atoms with Gasteiger partial charge in [0.15, 0.2) is 0 Å². The van der Waals surface area contributed by atoms with E-state index in [0.29, 0.717) is 18.5 Å². The van der Waals surface area contributed by atoms with Crippen LogP contribution in [-0.2, 0) is 19.2 Å². The predicted octanol–water partition coefficient (Wildman–Crippen LogP) is 4.11. The van der Waals surface area contributed by atoms with Gasteiger partial charge in [0.2, 0.25) is 17.7 Å². The molecule has 3 aliphatic rings. The molecule has 0 unspecified atom stereocenters. The van der Waals surface area contributed by atoms with Crippen molar-refractivity contribution in [1.82, 2.24) is 0 Å². The molecule has 2 saturated heterocycles. The van der Waals surface area contributed by atoms with Gasteiger partial charge in [-0.2, -0.15) is 0 Å². The fraction of sp³-hybridized carbons (Fsp3) is 0.357. The van der Waals surface area contributed by atoms with E-state index in [4.69, 9.17) is 4.74 Å². The second kappa shape index (κ2) is 8.80. The van der Waals surface area contributed by atoms with Gasteiger partial charge in [-0.15, -0.1) is 0 Å². The lowest BCUT2D eigenvalue weighted by Crippen LogP contribution is -2.31. The summed E-state index contributed by atoms with van der Waals surface area (Å²) in [5.41, 5.74) is 4.41. The Bertz CT molecular complexity index is 1280. The largest absolute Gasteiger partial charge is 0.426 e. The van der Waals surface area contributed by atoms with Crippen LogP contribution in [0.25, 0.3) is 0 Å². The highest BCUT2D eigenvalue weighted by molar-refractivity contribution is 6.22. The lowest BCUT2D eigenvalue weighted by Gasteiger charge is -2.19. The van der Waals surface area contributed by atoms with Gasteiger partial charge in [0, 0.05) is 24.7 Å². The fourth-order valence-electron chi connectivity index (χ4n) is 5.38. The van der Waals surface area contributed by atoms with Crippen LogP contribution >= 0.6 is 0 Å². The molecule has 2 heterocycles. The highest BCUT2D eigenvalue weighted by atomic mass is 16.5. The number of esters is 1. The van der Waals surface area contributed by atoms with E-state index >= 15 is 0 Å². The summed E-state index contributed by atoms with van der Waals surface area (Å²) in [6.45, 7) is 6.17. The zero-order valence-corrected chi connectivity index (χ0v) is 20.1. The van der Waals surface area contributed by atoms with E-state index in [-0.39, 0.29) is 48.3 Å². The summed E-state index contributed by atoms with van der Waals surface area (Å²) < 4.78 is 5.61. The van der Waals surface area contributed by atoms with Crippen molar-refractivity contribution < 1.29 is 23.9 Å². The van der Waals surface area contributed by atoms with Crippen LogP contribution in [0.4, 0.5) is 11.4 Å². The Morgan fingerprint density at radius 3 is 2.49 bits per heavy atom. The summed E-state index contributed by atoms with van der Waals surface area (Å²) in [7, 11) is 0. The number of hydrogen-bond acceptors (Lipinski definition) is 5. The molecule has 0 saturated carbocycles. The molecular weight excluding hydrogens is 444 g/mol. The number of imide groups is 1. The minimum atomic E-state index is -0.598. The molecule has 2 aromatic carbocycles. The summed E-state index contributed by atoms with van der Waals surface area (Å²) in [4.78, 5) is 54.4. The number of carbonyl (C=O) groups excluding carboxylic acids is 4. The zero-order valence-electron chi connectivity index (χ0n) is 20.1. The average Bonchev–Trinajstić information content (AvgIpc) is 3.31. The highest BCUT2D eigenvalue weighted by Gasteiger charge is 2.48. The number of carbonyl (C=O) groups is 4. The predicted molar refractivity (Wildman–Crippen MR) is 131 cm³/mol. The molecular formula is C28H28N2O5. The molecule has 0 aromatic heterocycles. The van der Waals surface area contributed by atoms with Crippen molar-refractivity contribution >= 4 is 35.1 Å². The summed E-state index contributed by atoms with van der Waals surface area (Å²) in [5, 5.41) is 0. The van der Waals surface area contributed by atoms with Gasteiger partial charge in [-0.1, -0.05) is 35.4 Å². The van der Waals surface area contributed by atoms with Crippen LogP contribution in [0, 0.1) is 31.6 Å². The van der Waals surface area contributed by atoms with E-state index in [0.717, 1.165) is 22.4 Å². The summed E-state index contributed by atoms with van der Waals surface area (Å²) >= 11 is 0. The van der Waals surface area contributed by atoms with Crippen molar-refractivity contribution in [2.45, 2.75) is 40.0 Å². The first-order valence-electron chi connectivity index (χ1n) is 12.0. The Hall–Kier alpha value is -3.74. The lowest BCUT2D eigenvalue weighted by atomic mass is 9.82. The number of hydrogen-bond donors (Lipinski definition) is 0. The normalized spacial score (nSPS) is 24.0. The van der Waals surface area contributed by atoms with Crippen molar-refractivity contribution in [2.24, 2.45) is 17.8 Å². The summed E-state index contributed by atoms with van der Waals surface area (Å²) in [5.74, 6) is -2.06. The maximum Gasteiger partial charge on any atom is 0.316 e. The minimum absolute atomic E-state index is 0.0741. The van der Waals surface area contributed by atoms with E-state index < -0.39 is 11.9 Å². The van der Waals surface area contributed by atoms with Crippen molar-refractivity contribution in [1.29, 1.82) is 0 Å². The second-order valence-electron chi connectivity index (χ2n) is 9.83. The molecule has 1 aliphatic carbocycles. The van der Waals surface area contributed by atoms with Gasteiger partial charge in [0.25, 0.3) is 0 Å². The number of allylic oxidation sites excluding steroid dienone is 2. The van der Waals surface area contributed by atoms with Crippen LogP contribution in [0.5, 0.6) is 5.75 Å². The molecule has 0 N–H and O–H groups in total. The fourth-order valence-corrected chi connectivity index (χ4v) is 5.38. The molecule has 2 aromatic rings. The van der Waals surface area contributed by atoms with E-state index in [2.05, 4.69) is 0 Å². The number of rotatable bonds is 4. The van der Waals surface area contributed by atoms with Crippen LogP contribution < -0.4 is 14.5 Å². The highest BCUT2D eigenvalue weighted by Crippen LogP contribution is 2.40. The number of anilines is 2. The third-order valence-corrected chi connectivity index (χ3v) is 7.22. The van der Waals surface area contributed by atoms with E-state index in [1.54, 1.807) is 29.2 Å². The molecule has 180 valence electrons. The second-order valence-corrected chi connectivity index (χ2v) is 9.83. The SMILES string of the molecule is CC1=CC[C@@H]2C(=O)N(c3cccc(OC(=O)[C@H]4CC(=O)N(c5ccc(C)cc5C)C4)c3)C(=O)[C@@H]2C1. The minimum Gasteiger partial charge on any atom is -0.426 e. The number of fused-ring (bicyclic) bond motifs is 1. The van der Waals surface area contributed by atoms with Gasteiger partial charge in [-0.25, -0.2) is 4.90 Å². The first-order valence-corrected chi connectivity index (χ1v) is 12.0. The van der Waals surface area contributed by atoms with Gasteiger partial charge >= 0.3 is 5.97 Å². The molecule has 35 heavy (non-hydrogen) atoms. The van der Waals surface area contributed by atoms with Gasteiger partial charge in [0.1, 0.15) is 5.75 Å². The third kappa shape index (κ3) is 4.16. The number of aryl methyl sites for hydroxylation is 2. The molecule has 7 heteroatoms. The Labute approximate surface area is 204 Å². The monoisotopic (exact) mass is 472 g/mol. The molecule has 0 bridgehead atoms. The van der Waals surface area contributed by atoms with Crippen LogP contribution in [0.3, 0.4) is 0 Å². The van der Waals surface area contributed by atoms with Crippen molar-refractivity contribution in [3.8, 4) is 5.75 Å². The third-order valence-electron chi connectivity index (χ3n) is 7.22. The first kappa shape index (κ1) is 23.0. The van der Waals surface area contributed by atoms with Gasteiger partial charge < -0.3 is 9.64 Å². The van der Waals surface area contributed by atoms with Crippen LogP contribution in [0.1, 0.15) is 37.3 Å². The van der Waals surface area contributed by atoms with Crippen molar-refractivity contribution in [3.05, 3.63) is 65.2 Å². The molecule has 2 aliphatic heterocycles. The van der Waals surface area contributed by atoms with E-state index in [9.17, 15) is 19.2 Å². The van der Waals surface area contributed by atoms with Crippen LogP contribution in [0.2, 0.25) is 0 Å². The lowest BCUT2D eigenvalue weighted by molar-refractivity contribution is -0.139. The maximum absolute atomic E-state index is 13.0. The Balaban J connectivity index is 1.30. The number of nitrogens with zero attached hydrogens (tertiary/aromatic N) is 2. The van der Waals surface area contributed by atoms with Crippen molar-refractivity contribution in [3.63, 3.8) is 0 Å². The quantitative estimate of drug-likeness (QED) is 0.289. The van der Waals surface area contributed by atoms with Gasteiger partial charge in [-0.05, 0) is 57.4 Å². The Morgan fingerprint density at radius 2 is 1.71 bits per heavy atom. The topological polar surface area (TPSA) is 84.0 Å². The Kier molecular flexibility index (Phi) is 5.79. The standard InChI is InChI=1S/C28H28N2O5/c1-16-8-10-24(18(3)11-16)29-15-19(13-25(29)31)28(34)35-21-6-4-5-20(14-21)30-26(32)22-9-7-17(2)12-23(22)27(30)33/h4-8,10-11,14,19,22-23H,9,12-13,15H2,1-3H3/t19-,22-,23+/m0/s1. The van der Waals surface area contributed by atoms with Crippen LogP contribution in [0.15, 0.2) is 54.1 Å². The molecule has 0 radical (unpaired) electrons. The van der Waals surface area contributed by atoms with Crippen LogP contribution in [-0.4, -0.2) is 30.2 Å². The number of amides is 3. The maximum atomic E-state index is 13.0. The van der Waals surface area contributed by atoms with Gasteiger partial charge in [-0.3, -0.25) is 19.2 Å². The molecule has 3 amide bonds. The molecule has 2 fully saturated rings. The molecule has 3 atom stereocenters. The Morgan fingerprint density at radius 1 is 0.943 bits per heavy atom. The first-order chi connectivity index (χ1) is 16.7.